The Labute approximate surface area is 285 Å². The first-order chi connectivity index (χ1) is 22.1. The number of ether oxygens (including phenoxy) is 1. The van der Waals surface area contributed by atoms with E-state index in [4.69, 9.17) is 4.74 Å². The normalized spacial score (nSPS) is 12.3. The lowest BCUT2D eigenvalue weighted by atomic mass is 9.93. The van der Waals surface area contributed by atoms with Crippen molar-refractivity contribution in [2.75, 3.05) is 6.61 Å². The highest BCUT2D eigenvalue weighted by Crippen LogP contribution is 2.22. The van der Waals surface area contributed by atoms with Crippen LogP contribution in [0.15, 0.2) is 0 Å². The van der Waals surface area contributed by atoms with Crippen LogP contribution in [0.4, 0.5) is 0 Å². The van der Waals surface area contributed by atoms with Crippen LogP contribution in [0.2, 0.25) is 0 Å². The molecular weight excluding hydrogens is 548 g/mol. The molecule has 0 aromatic carbocycles. The number of unbranched alkanes of at least 4 members (excludes halogenated alkanes) is 29. The van der Waals surface area contributed by atoms with Crippen LogP contribution in [0.25, 0.3) is 0 Å². The van der Waals surface area contributed by atoms with Gasteiger partial charge in [0.05, 0.1) is 12.5 Å². The molecule has 2 nitrogen and oxygen atoms in total. The monoisotopic (exact) mass is 635 g/mol. The van der Waals surface area contributed by atoms with Crippen LogP contribution in [0.3, 0.4) is 0 Å². The Morgan fingerprint density at radius 1 is 0.378 bits per heavy atom. The molecule has 0 spiro atoms. The first-order valence-electron chi connectivity index (χ1n) is 21.3. The number of esters is 1. The molecule has 0 aromatic heterocycles. The minimum absolute atomic E-state index is 0.107. The predicted octanol–water partition coefficient (Wildman–Crippen LogP) is 15.5. The quantitative estimate of drug-likeness (QED) is 0.0499. The summed E-state index contributed by atoms with van der Waals surface area (Å²) in [6.07, 6.45) is 47.2. The third-order valence-electron chi connectivity index (χ3n) is 10.1. The van der Waals surface area contributed by atoms with Crippen molar-refractivity contribution >= 4 is 5.97 Å². The molecule has 0 bridgehead atoms. The van der Waals surface area contributed by atoms with E-state index in [0.29, 0.717) is 6.61 Å². The summed E-state index contributed by atoms with van der Waals surface area (Å²) in [5, 5.41) is 0. The van der Waals surface area contributed by atoms with Gasteiger partial charge in [0, 0.05) is 0 Å². The average Bonchev–Trinajstić information content (AvgIpc) is 3.03. The lowest BCUT2D eigenvalue weighted by Crippen LogP contribution is -2.18. The van der Waals surface area contributed by atoms with E-state index in [0.717, 1.165) is 25.2 Å². The fraction of sp³-hybridized carbons (Fsp3) is 0.977. The van der Waals surface area contributed by atoms with E-state index in [1.807, 2.05) is 0 Å². The van der Waals surface area contributed by atoms with E-state index in [9.17, 15) is 4.79 Å². The third kappa shape index (κ3) is 36.2. The SMILES string of the molecule is CCCCCCCCCCCCCCCCCCOC(=O)C(CCCCCCCCCCCCCCCC)CCCCC(C)C. The molecule has 0 aromatic rings. The van der Waals surface area contributed by atoms with Crippen LogP contribution in [0, 0.1) is 11.8 Å². The fourth-order valence-corrected chi connectivity index (χ4v) is 6.85. The second-order valence-corrected chi connectivity index (χ2v) is 15.2. The molecule has 0 saturated heterocycles. The molecule has 2 heteroatoms. The summed E-state index contributed by atoms with van der Waals surface area (Å²) >= 11 is 0. The Morgan fingerprint density at radius 3 is 0.978 bits per heavy atom. The molecule has 0 radical (unpaired) electrons. The van der Waals surface area contributed by atoms with Crippen molar-refractivity contribution in [2.45, 2.75) is 252 Å². The van der Waals surface area contributed by atoms with Crippen LogP contribution in [-0.4, -0.2) is 12.6 Å². The first kappa shape index (κ1) is 44.5. The summed E-state index contributed by atoms with van der Waals surface area (Å²) < 4.78 is 5.83. The van der Waals surface area contributed by atoms with Crippen molar-refractivity contribution in [3.05, 3.63) is 0 Å². The number of hydrogen-bond donors (Lipinski definition) is 0. The maximum Gasteiger partial charge on any atom is 0.308 e. The van der Waals surface area contributed by atoms with Crippen molar-refractivity contribution < 1.29 is 9.53 Å². The number of carbonyl (C=O) groups is 1. The Balaban J connectivity index is 3.81. The molecule has 270 valence electrons. The zero-order chi connectivity index (χ0) is 32.9. The summed E-state index contributed by atoms with van der Waals surface area (Å²) in [4.78, 5) is 13.0. The molecular formula is C43H86O2. The van der Waals surface area contributed by atoms with Crippen molar-refractivity contribution in [2.24, 2.45) is 11.8 Å². The van der Waals surface area contributed by atoms with E-state index < -0.39 is 0 Å². The molecule has 0 N–H and O–H groups in total. The number of rotatable bonds is 38. The maximum atomic E-state index is 13.0. The highest BCUT2D eigenvalue weighted by molar-refractivity contribution is 5.72. The lowest BCUT2D eigenvalue weighted by Gasteiger charge is -2.16. The van der Waals surface area contributed by atoms with Crippen molar-refractivity contribution in [3.63, 3.8) is 0 Å². The zero-order valence-corrected chi connectivity index (χ0v) is 31.9. The molecule has 0 aliphatic carbocycles. The van der Waals surface area contributed by atoms with Gasteiger partial charge in [0.25, 0.3) is 0 Å². The van der Waals surface area contributed by atoms with Gasteiger partial charge in [-0.25, -0.2) is 0 Å². The largest absolute Gasteiger partial charge is 0.465 e. The number of hydrogen-bond acceptors (Lipinski definition) is 2. The molecule has 45 heavy (non-hydrogen) atoms. The van der Waals surface area contributed by atoms with E-state index in [1.54, 1.807) is 0 Å². The molecule has 0 aliphatic rings. The summed E-state index contributed by atoms with van der Waals surface area (Å²) in [5.74, 6) is 1.00. The van der Waals surface area contributed by atoms with Gasteiger partial charge in [0.2, 0.25) is 0 Å². The van der Waals surface area contributed by atoms with E-state index in [-0.39, 0.29) is 11.9 Å². The predicted molar refractivity (Wildman–Crippen MR) is 202 cm³/mol. The summed E-state index contributed by atoms with van der Waals surface area (Å²) in [7, 11) is 0. The second-order valence-electron chi connectivity index (χ2n) is 15.2. The number of carbonyl (C=O) groups excluding carboxylic acids is 1. The van der Waals surface area contributed by atoms with Gasteiger partial charge in [-0.1, -0.05) is 233 Å². The van der Waals surface area contributed by atoms with Gasteiger partial charge in [-0.05, 0) is 25.2 Å². The van der Waals surface area contributed by atoms with Crippen molar-refractivity contribution in [3.8, 4) is 0 Å². The van der Waals surface area contributed by atoms with Crippen LogP contribution in [0.1, 0.15) is 252 Å². The molecule has 0 fully saturated rings. The molecule has 1 unspecified atom stereocenters. The lowest BCUT2D eigenvalue weighted by molar-refractivity contribution is -0.149. The molecule has 1 atom stereocenters. The van der Waals surface area contributed by atoms with E-state index >= 15 is 0 Å². The van der Waals surface area contributed by atoms with Gasteiger partial charge < -0.3 is 4.74 Å². The molecule has 0 aliphatic heterocycles. The first-order valence-corrected chi connectivity index (χ1v) is 21.3. The molecule has 0 rings (SSSR count). The Morgan fingerprint density at radius 2 is 0.644 bits per heavy atom. The summed E-state index contributed by atoms with van der Waals surface area (Å²) in [6, 6.07) is 0. The smallest absolute Gasteiger partial charge is 0.308 e. The zero-order valence-electron chi connectivity index (χ0n) is 31.9. The molecule has 0 saturated carbocycles. The minimum atomic E-state index is 0.107. The van der Waals surface area contributed by atoms with Gasteiger partial charge in [-0.3, -0.25) is 4.79 Å². The van der Waals surface area contributed by atoms with E-state index in [1.165, 1.54) is 205 Å². The van der Waals surface area contributed by atoms with Crippen molar-refractivity contribution in [1.29, 1.82) is 0 Å². The third-order valence-corrected chi connectivity index (χ3v) is 10.1. The molecule has 0 amide bonds. The van der Waals surface area contributed by atoms with Gasteiger partial charge >= 0.3 is 5.97 Å². The fourth-order valence-electron chi connectivity index (χ4n) is 6.85. The summed E-state index contributed by atoms with van der Waals surface area (Å²) in [5.41, 5.74) is 0. The van der Waals surface area contributed by atoms with Gasteiger partial charge in [-0.2, -0.15) is 0 Å². The van der Waals surface area contributed by atoms with Crippen molar-refractivity contribution in [1.82, 2.24) is 0 Å². The Hall–Kier alpha value is -0.530. The van der Waals surface area contributed by atoms with E-state index in [2.05, 4.69) is 27.7 Å². The second kappa shape index (κ2) is 37.9. The average molecular weight is 635 g/mol. The Kier molecular flexibility index (Phi) is 37.5. The van der Waals surface area contributed by atoms with Gasteiger partial charge in [0.1, 0.15) is 0 Å². The highest BCUT2D eigenvalue weighted by Gasteiger charge is 2.19. The topological polar surface area (TPSA) is 26.3 Å². The standard InChI is InChI=1S/C43H86O2/c1-5-7-9-11-13-15-17-19-21-22-24-26-28-30-32-36-40-45-43(44)42(39-35-34-37-41(3)4)38-33-31-29-27-25-23-20-18-16-14-12-10-8-6-2/h41-42H,5-40H2,1-4H3. The summed E-state index contributed by atoms with van der Waals surface area (Å²) in [6.45, 7) is 9.84. The minimum Gasteiger partial charge on any atom is -0.465 e. The Bertz CT molecular complexity index is 556. The highest BCUT2D eigenvalue weighted by atomic mass is 16.5. The van der Waals surface area contributed by atoms with Gasteiger partial charge in [0.15, 0.2) is 0 Å². The van der Waals surface area contributed by atoms with Crippen LogP contribution in [-0.2, 0) is 9.53 Å². The van der Waals surface area contributed by atoms with Crippen LogP contribution >= 0.6 is 0 Å². The molecule has 0 heterocycles. The van der Waals surface area contributed by atoms with Gasteiger partial charge in [-0.15, -0.1) is 0 Å². The maximum absolute atomic E-state index is 13.0. The van der Waals surface area contributed by atoms with Crippen LogP contribution < -0.4 is 0 Å². The van der Waals surface area contributed by atoms with Crippen LogP contribution in [0.5, 0.6) is 0 Å².